The van der Waals surface area contributed by atoms with E-state index >= 15 is 0 Å². The standard InChI is InChI=1S/C22H21N5O3S/c23-14-5-15-24-31(29,30)18-12-10-16(11-13-18)22(28)25-21-19-8-4-9-20(19)26-27(21)17-6-2-1-3-7-17/h1-3,6-7,10-13,24H,4-5,8-9,15H2,(H,25,28). The highest BCUT2D eigenvalue weighted by molar-refractivity contribution is 7.89. The summed E-state index contributed by atoms with van der Waals surface area (Å²) in [4.78, 5) is 13.0. The number of amides is 1. The van der Waals surface area contributed by atoms with E-state index in [1.165, 1.54) is 24.3 Å². The van der Waals surface area contributed by atoms with Gasteiger partial charge >= 0.3 is 0 Å². The zero-order valence-electron chi connectivity index (χ0n) is 16.7. The van der Waals surface area contributed by atoms with Crippen molar-refractivity contribution in [2.75, 3.05) is 11.9 Å². The molecule has 0 fully saturated rings. The molecule has 0 spiro atoms. The SMILES string of the molecule is N#CCCNS(=O)(=O)c1ccc(C(=O)Nc2c3c(nn2-c2ccccc2)CCC3)cc1. The number of hydrogen-bond donors (Lipinski definition) is 2. The summed E-state index contributed by atoms with van der Waals surface area (Å²) >= 11 is 0. The summed E-state index contributed by atoms with van der Waals surface area (Å²) in [7, 11) is -3.72. The number of aromatic nitrogens is 2. The first-order valence-electron chi connectivity index (χ1n) is 9.94. The number of carbonyl (C=O) groups excluding carboxylic acids is 1. The van der Waals surface area contributed by atoms with E-state index in [0.29, 0.717) is 11.4 Å². The lowest BCUT2D eigenvalue weighted by Gasteiger charge is -2.11. The average molecular weight is 436 g/mol. The molecule has 0 atom stereocenters. The van der Waals surface area contributed by atoms with Crippen LogP contribution in [0.4, 0.5) is 5.82 Å². The van der Waals surface area contributed by atoms with Gasteiger partial charge in [0.2, 0.25) is 10.0 Å². The second-order valence-electron chi connectivity index (χ2n) is 7.16. The Morgan fingerprint density at radius 1 is 1.10 bits per heavy atom. The van der Waals surface area contributed by atoms with E-state index in [-0.39, 0.29) is 23.8 Å². The van der Waals surface area contributed by atoms with Crippen LogP contribution in [0.25, 0.3) is 5.69 Å². The molecule has 0 aliphatic heterocycles. The highest BCUT2D eigenvalue weighted by Crippen LogP contribution is 2.31. The van der Waals surface area contributed by atoms with Gasteiger partial charge < -0.3 is 5.32 Å². The lowest BCUT2D eigenvalue weighted by atomic mass is 10.2. The van der Waals surface area contributed by atoms with E-state index in [1.807, 2.05) is 36.4 Å². The molecule has 1 aromatic heterocycles. The fourth-order valence-electron chi connectivity index (χ4n) is 3.57. The maximum atomic E-state index is 12.9. The largest absolute Gasteiger partial charge is 0.306 e. The number of sulfonamides is 1. The Labute approximate surface area is 180 Å². The minimum Gasteiger partial charge on any atom is -0.306 e. The first-order valence-corrected chi connectivity index (χ1v) is 11.4. The summed E-state index contributed by atoms with van der Waals surface area (Å²) < 4.78 is 28.6. The van der Waals surface area contributed by atoms with E-state index in [4.69, 9.17) is 5.26 Å². The molecule has 0 radical (unpaired) electrons. The Bertz CT molecular complexity index is 1240. The minimum atomic E-state index is -3.72. The van der Waals surface area contributed by atoms with Crippen molar-refractivity contribution < 1.29 is 13.2 Å². The quantitative estimate of drug-likeness (QED) is 0.554. The smallest absolute Gasteiger partial charge is 0.256 e. The van der Waals surface area contributed by atoms with Crippen LogP contribution < -0.4 is 10.0 Å². The van der Waals surface area contributed by atoms with Crippen LogP contribution in [0.2, 0.25) is 0 Å². The van der Waals surface area contributed by atoms with E-state index < -0.39 is 10.0 Å². The van der Waals surface area contributed by atoms with Gasteiger partial charge in [0.15, 0.2) is 0 Å². The van der Waals surface area contributed by atoms with Crippen LogP contribution >= 0.6 is 0 Å². The molecular formula is C22H21N5O3S. The van der Waals surface area contributed by atoms with Gasteiger partial charge in [0, 0.05) is 24.1 Å². The summed E-state index contributed by atoms with van der Waals surface area (Å²) in [6, 6.07) is 17.2. The number of benzene rings is 2. The summed E-state index contributed by atoms with van der Waals surface area (Å²) in [6.45, 7) is 0.0374. The zero-order valence-corrected chi connectivity index (χ0v) is 17.5. The second kappa shape index (κ2) is 8.71. The Balaban J connectivity index is 1.56. The fraction of sp³-hybridized carbons (Fsp3) is 0.227. The van der Waals surface area contributed by atoms with E-state index in [9.17, 15) is 13.2 Å². The van der Waals surface area contributed by atoms with Gasteiger partial charge in [-0.3, -0.25) is 4.79 Å². The number of fused-ring (bicyclic) bond motifs is 1. The van der Waals surface area contributed by atoms with Crippen LogP contribution in [-0.2, 0) is 22.9 Å². The predicted molar refractivity (Wildman–Crippen MR) is 115 cm³/mol. The number of nitriles is 1. The molecule has 4 rings (SSSR count). The van der Waals surface area contributed by atoms with Crippen molar-refractivity contribution in [2.24, 2.45) is 0 Å². The van der Waals surface area contributed by atoms with Gasteiger partial charge in [-0.15, -0.1) is 0 Å². The molecule has 2 aromatic carbocycles. The van der Waals surface area contributed by atoms with E-state index in [1.54, 1.807) is 4.68 Å². The number of aryl methyl sites for hydroxylation is 1. The van der Waals surface area contributed by atoms with Gasteiger partial charge in [-0.25, -0.2) is 17.8 Å². The molecule has 2 N–H and O–H groups in total. The summed E-state index contributed by atoms with van der Waals surface area (Å²) in [5.74, 6) is 0.312. The fourth-order valence-corrected chi connectivity index (χ4v) is 4.60. The molecule has 0 saturated heterocycles. The zero-order chi connectivity index (χ0) is 21.8. The molecule has 3 aromatic rings. The van der Waals surface area contributed by atoms with Crippen molar-refractivity contribution in [2.45, 2.75) is 30.6 Å². The molecule has 1 amide bonds. The molecular weight excluding hydrogens is 414 g/mol. The van der Waals surface area contributed by atoms with Crippen LogP contribution in [-0.4, -0.2) is 30.7 Å². The lowest BCUT2D eigenvalue weighted by molar-refractivity contribution is 0.102. The third-order valence-electron chi connectivity index (χ3n) is 5.10. The summed E-state index contributed by atoms with van der Waals surface area (Å²) in [5, 5.41) is 16.2. The third kappa shape index (κ3) is 4.35. The molecule has 0 unspecified atom stereocenters. The first kappa shape index (κ1) is 20.8. The lowest BCUT2D eigenvalue weighted by Crippen LogP contribution is -2.24. The van der Waals surface area contributed by atoms with Gasteiger partial charge in [-0.2, -0.15) is 10.4 Å². The first-order chi connectivity index (χ1) is 15.0. The summed E-state index contributed by atoms with van der Waals surface area (Å²) in [6.07, 6.45) is 2.81. The number of carbonyl (C=O) groups is 1. The average Bonchev–Trinajstić information content (AvgIpc) is 3.37. The molecule has 158 valence electrons. The van der Waals surface area contributed by atoms with Crippen molar-refractivity contribution in [3.8, 4) is 11.8 Å². The predicted octanol–water partition coefficient (Wildman–Crippen LogP) is 2.81. The molecule has 8 nitrogen and oxygen atoms in total. The Morgan fingerprint density at radius 2 is 1.84 bits per heavy atom. The molecule has 1 aliphatic rings. The van der Waals surface area contributed by atoms with Crippen molar-refractivity contribution in [1.82, 2.24) is 14.5 Å². The molecule has 1 aliphatic carbocycles. The number of para-hydroxylation sites is 1. The van der Waals surface area contributed by atoms with Crippen molar-refractivity contribution in [1.29, 1.82) is 5.26 Å². The van der Waals surface area contributed by atoms with Crippen molar-refractivity contribution in [3.63, 3.8) is 0 Å². The third-order valence-corrected chi connectivity index (χ3v) is 6.57. The highest BCUT2D eigenvalue weighted by Gasteiger charge is 2.24. The van der Waals surface area contributed by atoms with Gasteiger partial charge in [0.05, 0.1) is 22.3 Å². The number of rotatable bonds is 7. The maximum absolute atomic E-state index is 12.9. The van der Waals surface area contributed by atoms with Crippen LogP contribution in [0.15, 0.2) is 59.5 Å². The monoisotopic (exact) mass is 435 g/mol. The number of hydrogen-bond acceptors (Lipinski definition) is 5. The molecule has 31 heavy (non-hydrogen) atoms. The van der Waals surface area contributed by atoms with Gasteiger partial charge in [-0.05, 0) is 55.7 Å². The van der Waals surface area contributed by atoms with Crippen LogP contribution in [0.1, 0.15) is 34.5 Å². The van der Waals surface area contributed by atoms with Crippen molar-refractivity contribution >= 4 is 21.7 Å². The van der Waals surface area contributed by atoms with Crippen LogP contribution in [0.3, 0.4) is 0 Å². The second-order valence-corrected chi connectivity index (χ2v) is 8.93. The van der Waals surface area contributed by atoms with Crippen LogP contribution in [0.5, 0.6) is 0 Å². The molecule has 0 bridgehead atoms. The van der Waals surface area contributed by atoms with E-state index in [0.717, 1.165) is 36.2 Å². The normalized spacial score (nSPS) is 12.9. The van der Waals surface area contributed by atoms with E-state index in [2.05, 4.69) is 15.1 Å². The van der Waals surface area contributed by atoms with Crippen LogP contribution in [0, 0.1) is 11.3 Å². The van der Waals surface area contributed by atoms with Gasteiger partial charge in [-0.1, -0.05) is 18.2 Å². The number of anilines is 1. The number of nitrogens with zero attached hydrogens (tertiary/aromatic N) is 3. The molecule has 0 saturated carbocycles. The van der Waals surface area contributed by atoms with Gasteiger partial charge in [0.1, 0.15) is 5.82 Å². The molecule has 1 heterocycles. The Kier molecular flexibility index (Phi) is 5.84. The molecule has 9 heteroatoms. The maximum Gasteiger partial charge on any atom is 0.256 e. The highest BCUT2D eigenvalue weighted by atomic mass is 32.2. The Morgan fingerprint density at radius 3 is 2.55 bits per heavy atom. The van der Waals surface area contributed by atoms with Gasteiger partial charge in [0.25, 0.3) is 5.91 Å². The number of nitrogens with one attached hydrogen (secondary N) is 2. The van der Waals surface area contributed by atoms with Crippen molar-refractivity contribution in [3.05, 3.63) is 71.4 Å². The Hall–Kier alpha value is -3.48. The minimum absolute atomic E-state index is 0.0374. The topological polar surface area (TPSA) is 117 Å². The summed E-state index contributed by atoms with van der Waals surface area (Å²) in [5.41, 5.74) is 3.22.